The molecule has 2 radical (unpaired) electrons. The molecule has 0 saturated heterocycles. The number of sulfonamides is 1. The molecule has 1 aromatic heterocycles. The van der Waals surface area contributed by atoms with Gasteiger partial charge in [-0.1, -0.05) is 42.0 Å². The van der Waals surface area contributed by atoms with Gasteiger partial charge in [0.1, 0.15) is 23.9 Å². The van der Waals surface area contributed by atoms with E-state index in [2.05, 4.69) is 0 Å². The van der Waals surface area contributed by atoms with Crippen LogP contribution in [-0.2, 0) is 21.4 Å². The van der Waals surface area contributed by atoms with E-state index in [1.807, 2.05) is 0 Å². The van der Waals surface area contributed by atoms with Crippen LogP contribution in [0.5, 0.6) is 0 Å². The predicted molar refractivity (Wildman–Crippen MR) is 104 cm³/mol. The van der Waals surface area contributed by atoms with Gasteiger partial charge in [0.25, 0.3) is 10.0 Å². The lowest BCUT2D eigenvalue weighted by atomic mass is 9.95. The lowest BCUT2D eigenvalue weighted by molar-refractivity contribution is -0.122. The van der Waals surface area contributed by atoms with Crippen molar-refractivity contribution in [3.8, 4) is 0 Å². The van der Waals surface area contributed by atoms with Crippen LogP contribution in [0.25, 0.3) is 0 Å². The molecule has 142 valence electrons. The first-order valence-corrected chi connectivity index (χ1v) is 10.9. The molecular formula is C17H17BClFN2O3S2. The summed E-state index contributed by atoms with van der Waals surface area (Å²) in [5, 5.41) is 0. The Hall–Kier alpha value is -1.42. The van der Waals surface area contributed by atoms with Gasteiger partial charge >= 0.3 is 0 Å². The molecular weight excluding hydrogens is 410 g/mol. The predicted octanol–water partition coefficient (Wildman–Crippen LogP) is 2.18. The summed E-state index contributed by atoms with van der Waals surface area (Å²) in [6.07, 6.45) is 2.14. The highest BCUT2D eigenvalue weighted by Crippen LogP contribution is 2.37. The molecule has 1 heterocycles. The fraction of sp³-hybridized carbons (Fsp3) is 0.353. The monoisotopic (exact) mass is 426 g/mol. The maximum absolute atomic E-state index is 14.3. The topological polar surface area (TPSA) is 80.5 Å². The van der Waals surface area contributed by atoms with Gasteiger partial charge in [0, 0.05) is 12.1 Å². The molecule has 2 N–H and O–H groups in total. The minimum absolute atomic E-state index is 0.0228. The second-order valence-electron chi connectivity index (χ2n) is 6.56. The second kappa shape index (κ2) is 7.91. The number of nitrogens with two attached hydrogens (primary N) is 1. The van der Waals surface area contributed by atoms with E-state index in [9.17, 15) is 17.6 Å². The highest BCUT2D eigenvalue weighted by atomic mass is 35.5. The molecule has 2 aromatic rings. The number of amides is 1. The van der Waals surface area contributed by atoms with Crippen LogP contribution in [0.1, 0.15) is 24.8 Å². The van der Waals surface area contributed by atoms with Gasteiger partial charge in [-0.05, 0) is 30.5 Å². The zero-order valence-corrected chi connectivity index (χ0v) is 16.7. The Labute approximate surface area is 167 Å². The van der Waals surface area contributed by atoms with Gasteiger partial charge in [0.05, 0.1) is 4.34 Å². The van der Waals surface area contributed by atoms with E-state index in [1.54, 1.807) is 0 Å². The first-order chi connectivity index (χ1) is 12.7. The number of rotatable bonds is 8. The number of primary amides is 1. The van der Waals surface area contributed by atoms with E-state index in [0.717, 1.165) is 34.6 Å². The van der Waals surface area contributed by atoms with Crippen LogP contribution in [-0.4, -0.2) is 32.5 Å². The Balaban J connectivity index is 2.03. The van der Waals surface area contributed by atoms with Crippen LogP contribution in [0.15, 0.2) is 34.5 Å². The van der Waals surface area contributed by atoms with Crippen LogP contribution in [0.4, 0.5) is 4.39 Å². The number of carbonyl (C=O) groups is 1. The SMILES string of the molecule is [B]c1ccc(CN([C@H](CC2CC2)C(N)=O)S(=O)(=O)c2ccc(Cl)s2)c(F)c1. The smallest absolute Gasteiger partial charge is 0.253 e. The number of benzene rings is 1. The number of halogens is 2. The van der Waals surface area contributed by atoms with Crippen LogP contribution < -0.4 is 11.2 Å². The molecule has 1 fully saturated rings. The Morgan fingerprint density at radius 1 is 1.37 bits per heavy atom. The third kappa shape index (κ3) is 4.71. The van der Waals surface area contributed by atoms with Crippen LogP contribution in [0, 0.1) is 11.7 Å². The van der Waals surface area contributed by atoms with Gasteiger partial charge in [-0.2, -0.15) is 4.31 Å². The lowest BCUT2D eigenvalue weighted by Gasteiger charge is -2.28. The van der Waals surface area contributed by atoms with Gasteiger partial charge < -0.3 is 5.73 Å². The first-order valence-electron chi connectivity index (χ1n) is 8.29. The van der Waals surface area contributed by atoms with Crippen molar-refractivity contribution in [1.29, 1.82) is 0 Å². The van der Waals surface area contributed by atoms with E-state index in [1.165, 1.54) is 24.3 Å². The summed E-state index contributed by atoms with van der Waals surface area (Å²) >= 11 is 6.75. The highest BCUT2D eigenvalue weighted by molar-refractivity contribution is 7.91. The van der Waals surface area contributed by atoms with Crippen molar-refractivity contribution < 1.29 is 17.6 Å². The van der Waals surface area contributed by atoms with Gasteiger partial charge in [0.15, 0.2) is 0 Å². The quantitative estimate of drug-likeness (QED) is 0.657. The molecule has 0 aliphatic heterocycles. The maximum atomic E-state index is 14.3. The molecule has 0 spiro atoms. The largest absolute Gasteiger partial charge is 0.368 e. The zero-order valence-electron chi connectivity index (χ0n) is 14.3. The molecule has 0 bridgehead atoms. The number of hydrogen-bond acceptors (Lipinski definition) is 4. The first kappa shape index (κ1) is 20.3. The molecule has 1 saturated carbocycles. The molecule has 1 atom stereocenters. The Bertz CT molecular complexity index is 963. The molecule has 10 heteroatoms. The van der Waals surface area contributed by atoms with Crippen molar-refractivity contribution in [2.24, 2.45) is 11.7 Å². The summed E-state index contributed by atoms with van der Waals surface area (Å²) in [5.41, 5.74) is 5.86. The molecule has 1 aliphatic rings. The van der Waals surface area contributed by atoms with Crippen molar-refractivity contribution in [1.82, 2.24) is 4.31 Å². The summed E-state index contributed by atoms with van der Waals surface area (Å²) in [7, 11) is 1.46. The van der Waals surface area contributed by atoms with Crippen molar-refractivity contribution in [2.75, 3.05) is 0 Å². The third-order valence-corrected chi connectivity index (χ3v) is 8.00. The van der Waals surface area contributed by atoms with Crippen LogP contribution in [0.2, 0.25) is 4.34 Å². The normalized spacial score (nSPS) is 15.8. The van der Waals surface area contributed by atoms with E-state index >= 15 is 0 Å². The number of thiophene rings is 1. The summed E-state index contributed by atoms with van der Waals surface area (Å²) in [6.45, 7) is -0.329. The fourth-order valence-corrected chi connectivity index (χ4v) is 6.02. The van der Waals surface area contributed by atoms with E-state index in [0.29, 0.717) is 10.8 Å². The summed E-state index contributed by atoms with van der Waals surface area (Å²) in [6, 6.07) is 5.75. The Kier molecular flexibility index (Phi) is 5.95. The van der Waals surface area contributed by atoms with Crippen molar-refractivity contribution in [3.05, 3.63) is 46.0 Å². The third-order valence-electron chi connectivity index (χ3n) is 4.44. The molecule has 1 aliphatic carbocycles. The van der Waals surface area contributed by atoms with Gasteiger partial charge in [0.2, 0.25) is 5.91 Å². The van der Waals surface area contributed by atoms with E-state index in [-0.39, 0.29) is 27.7 Å². The molecule has 1 amide bonds. The minimum atomic E-state index is -4.10. The molecule has 5 nitrogen and oxygen atoms in total. The van der Waals surface area contributed by atoms with Crippen molar-refractivity contribution in [3.63, 3.8) is 0 Å². The number of hydrogen-bond donors (Lipinski definition) is 1. The number of nitrogens with zero attached hydrogens (tertiary/aromatic N) is 1. The van der Waals surface area contributed by atoms with Gasteiger partial charge in [-0.3, -0.25) is 4.79 Å². The molecule has 3 rings (SSSR count). The summed E-state index contributed by atoms with van der Waals surface area (Å²) in [5.74, 6) is -1.17. The van der Waals surface area contributed by atoms with Crippen LogP contribution in [0.3, 0.4) is 0 Å². The number of carbonyl (C=O) groups excluding carboxylic acids is 1. The standard InChI is InChI=1S/C17H17BClFN2O3S2/c18-12-4-3-11(13(20)8-12)9-22(14(17(21)23)7-10-1-2-10)27(24,25)16-6-5-15(19)26-16/h3-6,8,10,14H,1-2,7,9H2,(H2,21,23)/t14-/m1/s1. The van der Waals surface area contributed by atoms with Gasteiger partial charge in [-0.15, -0.1) is 11.3 Å². The van der Waals surface area contributed by atoms with Gasteiger partial charge in [-0.25, -0.2) is 12.8 Å². The van der Waals surface area contributed by atoms with Crippen LogP contribution >= 0.6 is 22.9 Å². The fourth-order valence-electron chi connectivity index (χ4n) is 2.82. The highest BCUT2D eigenvalue weighted by Gasteiger charge is 2.39. The van der Waals surface area contributed by atoms with Crippen molar-refractivity contribution >= 4 is 52.2 Å². The summed E-state index contributed by atoms with van der Waals surface area (Å²) < 4.78 is 42.0. The average Bonchev–Trinajstić information content (AvgIpc) is 3.30. The Morgan fingerprint density at radius 2 is 2.07 bits per heavy atom. The second-order valence-corrected chi connectivity index (χ2v) is 10.4. The zero-order chi connectivity index (χ0) is 19.8. The Morgan fingerprint density at radius 3 is 2.59 bits per heavy atom. The average molecular weight is 427 g/mol. The van der Waals surface area contributed by atoms with E-state index in [4.69, 9.17) is 25.2 Å². The van der Waals surface area contributed by atoms with E-state index < -0.39 is 27.8 Å². The molecule has 0 unspecified atom stereocenters. The molecule has 27 heavy (non-hydrogen) atoms. The summed E-state index contributed by atoms with van der Waals surface area (Å²) in [4.78, 5) is 12.1. The lowest BCUT2D eigenvalue weighted by Crippen LogP contribution is -2.47. The molecule has 1 aromatic carbocycles. The van der Waals surface area contributed by atoms with Crippen molar-refractivity contribution in [2.45, 2.75) is 36.1 Å². The maximum Gasteiger partial charge on any atom is 0.253 e. The minimum Gasteiger partial charge on any atom is -0.368 e.